The number of hydrogen-bond acceptors (Lipinski definition) is 1. The Morgan fingerprint density at radius 2 is 1.47 bits per heavy atom. The zero-order valence-corrected chi connectivity index (χ0v) is 11.8. The summed E-state index contributed by atoms with van der Waals surface area (Å²) in [6, 6.07) is 18.2. The Morgan fingerprint density at radius 3 is 2.11 bits per heavy atom. The molecule has 1 heteroatoms. The molecule has 2 aromatic carbocycles. The second-order valence-corrected chi connectivity index (χ2v) is 5.56. The van der Waals surface area contributed by atoms with Gasteiger partial charge in [0.25, 0.3) is 0 Å². The van der Waals surface area contributed by atoms with Crippen LogP contribution in [-0.2, 0) is 0 Å². The van der Waals surface area contributed by atoms with E-state index in [-0.39, 0.29) is 5.60 Å². The molecule has 0 saturated heterocycles. The SMILES string of the molecule is C=C(c1ccccc1)c1ccccc1OC(C)(C)C. The monoisotopic (exact) mass is 252 g/mol. The molecular formula is C18H20O. The van der Waals surface area contributed by atoms with Crippen molar-refractivity contribution in [3.8, 4) is 5.75 Å². The zero-order valence-electron chi connectivity index (χ0n) is 11.8. The molecule has 0 aromatic heterocycles. The van der Waals surface area contributed by atoms with E-state index in [4.69, 9.17) is 4.74 Å². The number of ether oxygens (including phenoxy) is 1. The Hall–Kier alpha value is -2.02. The zero-order chi connectivity index (χ0) is 13.9. The lowest BCUT2D eigenvalue weighted by Crippen LogP contribution is -2.23. The molecule has 1 nitrogen and oxygen atoms in total. The van der Waals surface area contributed by atoms with Gasteiger partial charge in [-0.2, -0.15) is 0 Å². The van der Waals surface area contributed by atoms with Crippen molar-refractivity contribution in [3.05, 3.63) is 72.3 Å². The predicted molar refractivity (Wildman–Crippen MR) is 81.4 cm³/mol. The van der Waals surface area contributed by atoms with Gasteiger partial charge in [0, 0.05) is 5.56 Å². The maximum absolute atomic E-state index is 6.01. The highest BCUT2D eigenvalue weighted by Crippen LogP contribution is 2.31. The topological polar surface area (TPSA) is 9.23 Å². The van der Waals surface area contributed by atoms with Gasteiger partial charge >= 0.3 is 0 Å². The Bertz CT molecular complexity index is 562. The smallest absolute Gasteiger partial charge is 0.127 e. The molecule has 0 fully saturated rings. The van der Waals surface area contributed by atoms with Gasteiger partial charge in [0.2, 0.25) is 0 Å². The summed E-state index contributed by atoms with van der Waals surface area (Å²) in [6.07, 6.45) is 0. The molecule has 0 aliphatic heterocycles. The molecular weight excluding hydrogens is 232 g/mol. The number of rotatable bonds is 3. The van der Waals surface area contributed by atoms with Gasteiger partial charge in [0.05, 0.1) is 0 Å². The summed E-state index contributed by atoms with van der Waals surface area (Å²) in [4.78, 5) is 0. The van der Waals surface area contributed by atoms with Gasteiger partial charge in [-0.1, -0.05) is 55.1 Å². The van der Waals surface area contributed by atoms with E-state index in [0.29, 0.717) is 0 Å². The summed E-state index contributed by atoms with van der Waals surface area (Å²) in [7, 11) is 0. The third kappa shape index (κ3) is 3.47. The fourth-order valence-electron chi connectivity index (χ4n) is 1.93. The van der Waals surface area contributed by atoms with E-state index < -0.39 is 0 Å². The minimum atomic E-state index is -0.215. The molecule has 0 aliphatic rings. The summed E-state index contributed by atoms with van der Waals surface area (Å²) in [5, 5.41) is 0. The van der Waals surface area contributed by atoms with Crippen LogP contribution in [0.3, 0.4) is 0 Å². The van der Waals surface area contributed by atoms with E-state index in [1.165, 1.54) is 0 Å². The molecule has 19 heavy (non-hydrogen) atoms. The van der Waals surface area contributed by atoms with Crippen LogP contribution in [-0.4, -0.2) is 5.60 Å². The van der Waals surface area contributed by atoms with Crippen molar-refractivity contribution < 1.29 is 4.74 Å². The normalized spacial score (nSPS) is 11.1. The van der Waals surface area contributed by atoms with Gasteiger partial charge in [-0.3, -0.25) is 0 Å². The van der Waals surface area contributed by atoms with Gasteiger partial charge < -0.3 is 4.74 Å². The third-order valence-electron chi connectivity index (χ3n) is 2.75. The highest BCUT2D eigenvalue weighted by atomic mass is 16.5. The lowest BCUT2D eigenvalue weighted by atomic mass is 9.98. The second-order valence-electron chi connectivity index (χ2n) is 5.56. The van der Waals surface area contributed by atoms with Crippen LogP contribution in [0.1, 0.15) is 31.9 Å². The van der Waals surface area contributed by atoms with Crippen LogP contribution in [0.15, 0.2) is 61.2 Å². The maximum atomic E-state index is 6.01. The van der Waals surface area contributed by atoms with Crippen LogP contribution in [0, 0.1) is 0 Å². The maximum Gasteiger partial charge on any atom is 0.127 e. The summed E-state index contributed by atoms with van der Waals surface area (Å²) >= 11 is 0. The van der Waals surface area contributed by atoms with Crippen LogP contribution < -0.4 is 4.74 Å². The van der Waals surface area contributed by atoms with Gasteiger partial charge in [-0.05, 0) is 38.0 Å². The molecule has 0 atom stereocenters. The van der Waals surface area contributed by atoms with Crippen LogP contribution in [0.2, 0.25) is 0 Å². The molecule has 0 amide bonds. The van der Waals surface area contributed by atoms with Crippen LogP contribution in [0.4, 0.5) is 0 Å². The Labute approximate surface area is 115 Å². The summed E-state index contributed by atoms with van der Waals surface area (Å²) in [6.45, 7) is 10.4. The second kappa shape index (κ2) is 5.31. The average molecular weight is 252 g/mol. The van der Waals surface area contributed by atoms with Gasteiger partial charge in [-0.15, -0.1) is 0 Å². The Morgan fingerprint density at radius 1 is 0.895 bits per heavy atom. The average Bonchev–Trinajstić information content (AvgIpc) is 2.38. The molecule has 0 unspecified atom stereocenters. The lowest BCUT2D eigenvalue weighted by molar-refractivity contribution is 0.130. The third-order valence-corrected chi connectivity index (χ3v) is 2.75. The molecule has 0 heterocycles. The molecule has 0 bridgehead atoms. The van der Waals surface area contributed by atoms with Crippen LogP contribution >= 0.6 is 0 Å². The summed E-state index contributed by atoms with van der Waals surface area (Å²) in [5.74, 6) is 0.879. The van der Waals surface area contributed by atoms with Gasteiger partial charge in [-0.25, -0.2) is 0 Å². The number of hydrogen-bond donors (Lipinski definition) is 0. The lowest BCUT2D eigenvalue weighted by Gasteiger charge is -2.23. The molecule has 2 rings (SSSR count). The van der Waals surface area contributed by atoms with Crippen molar-refractivity contribution >= 4 is 5.57 Å². The van der Waals surface area contributed by atoms with E-state index in [1.54, 1.807) is 0 Å². The van der Waals surface area contributed by atoms with E-state index in [0.717, 1.165) is 22.4 Å². The highest BCUT2D eigenvalue weighted by molar-refractivity contribution is 5.81. The first-order valence-corrected chi connectivity index (χ1v) is 6.50. The Kier molecular flexibility index (Phi) is 3.75. The first-order chi connectivity index (χ1) is 8.97. The first-order valence-electron chi connectivity index (χ1n) is 6.50. The van der Waals surface area contributed by atoms with Gasteiger partial charge in [0.1, 0.15) is 11.4 Å². The molecule has 0 N–H and O–H groups in total. The van der Waals surface area contributed by atoms with Crippen molar-refractivity contribution in [2.45, 2.75) is 26.4 Å². The van der Waals surface area contributed by atoms with E-state index in [9.17, 15) is 0 Å². The Balaban J connectivity index is 2.38. The number of para-hydroxylation sites is 1. The van der Waals surface area contributed by atoms with Crippen molar-refractivity contribution in [1.29, 1.82) is 0 Å². The fourth-order valence-corrected chi connectivity index (χ4v) is 1.93. The minimum Gasteiger partial charge on any atom is -0.488 e. The minimum absolute atomic E-state index is 0.215. The standard InChI is InChI=1S/C18H20O/c1-14(15-10-6-5-7-11-15)16-12-8-9-13-17(16)19-18(2,3)4/h5-13H,1H2,2-4H3. The van der Waals surface area contributed by atoms with Crippen molar-refractivity contribution in [3.63, 3.8) is 0 Å². The quantitative estimate of drug-likeness (QED) is 0.753. The van der Waals surface area contributed by atoms with E-state index >= 15 is 0 Å². The van der Waals surface area contributed by atoms with E-state index in [1.807, 2.05) is 36.4 Å². The highest BCUT2D eigenvalue weighted by Gasteiger charge is 2.15. The van der Waals surface area contributed by atoms with Crippen LogP contribution in [0.5, 0.6) is 5.75 Å². The molecule has 2 aromatic rings. The van der Waals surface area contributed by atoms with E-state index in [2.05, 4.69) is 45.5 Å². The summed E-state index contributed by atoms with van der Waals surface area (Å²) in [5.41, 5.74) is 2.93. The molecule has 0 radical (unpaired) electrons. The van der Waals surface area contributed by atoms with Gasteiger partial charge in [0.15, 0.2) is 0 Å². The molecule has 0 aliphatic carbocycles. The molecule has 0 spiro atoms. The number of benzene rings is 2. The predicted octanol–water partition coefficient (Wildman–Crippen LogP) is 4.93. The summed E-state index contributed by atoms with van der Waals surface area (Å²) < 4.78 is 6.01. The van der Waals surface area contributed by atoms with Crippen molar-refractivity contribution in [2.75, 3.05) is 0 Å². The molecule has 98 valence electrons. The fraction of sp³-hybridized carbons (Fsp3) is 0.222. The van der Waals surface area contributed by atoms with Crippen molar-refractivity contribution in [2.24, 2.45) is 0 Å². The van der Waals surface area contributed by atoms with Crippen LogP contribution in [0.25, 0.3) is 5.57 Å². The first kappa shape index (κ1) is 13.4. The largest absolute Gasteiger partial charge is 0.488 e. The molecule has 0 saturated carbocycles. The van der Waals surface area contributed by atoms with Crippen molar-refractivity contribution in [1.82, 2.24) is 0 Å².